The Labute approximate surface area is 107 Å². The number of halogens is 2. The molecule has 2 nitrogen and oxygen atoms in total. The van der Waals surface area contributed by atoms with Gasteiger partial charge < -0.3 is 4.74 Å². The molecule has 0 bridgehead atoms. The molecule has 0 aliphatic carbocycles. The molecule has 0 amide bonds. The van der Waals surface area contributed by atoms with E-state index in [0.29, 0.717) is 19.1 Å². The maximum atomic E-state index is 12.6. The lowest BCUT2D eigenvalue weighted by atomic mass is 10.0. The molecule has 0 N–H and O–H groups in total. The molecule has 100 valence electrons. The van der Waals surface area contributed by atoms with E-state index in [1.165, 1.54) is 5.56 Å². The lowest BCUT2D eigenvalue weighted by Gasteiger charge is -2.38. The first-order valence-corrected chi connectivity index (χ1v) is 6.29. The molecule has 2 rings (SSSR count). The van der Waals surface area contributed by atoms with Gasteiger partial charge in [-0.15, -0.1) is 0 Å². The number of likely N-dealkylation sites (tertiary alicyclic amines) is 1. The van der Waals surface area contributed by atoms with E-state index in [9.17, 15) is 8.78 Å². The van der Waals surface area contributed by atoms with Crippen molar-refractivity contribution in [3.05, 3.63) is 29.8 Å². The van der Waals surface area contributed by atoms with E-state index in [2.05, 4.69) is 13.8 Å². The monoisotopic (exact) mass is 255 g/mol. The van der Waals surface area contributed by atoms with Gasteiger partial charge in [0.1, 0.15) is 12.4 Å². The third kappa shape index (κ3) is 3.42. The van der Waals surface area contributed by atoms with Crippen LogP contribution in [0.15, 0.2) is 24.3 Å². The van der Waals surface area contributed by atoms with E-state index in [4.69, 9.17) is 4.74 Å². The zero-order valence-electron chi connectivity index (χ0n) is 10.8. The summed E-state index contributed by atoms with van der Waals surface area (Å²) in [7, 11) is 0. The molecule has 1 aliphatic heterocycles. The van der Waals surface area contributed by atoms with Crippen LogP contribution in [-0.4, -0.2) is 37.1 Å². The summed E-state index contributed by atoms with van der Waals surface area (Å²) in [5.41, 5.74) is 1.27. The molecule has 1 saturated heterocycles. The van der Waals surface area contributed by atoms with E-state index in [-0.39, 0.29) is 13.1 Å². The Morgan fingerprint density at radius 2 is 1.83 bits per heavy atom. The predicted molar refractivity (Wildman–Crippen MR) is 67.4 cm³/mol. The second-order valence-electron chi connectivity index (χ2n) is 5.14. The van der Waals surface area contributed by atoms with Gasteiger partial charge in [0, 0.05) is 6.54 Å². The molecule has 0 unspecified atom stereocenters. The van der Waals surface area contributed by atoms with Crippen molar-refractivity contribution in [1.82, 2.24) is 4.90 Å². The third-order valence-electron chi connectivity index (χ3n) is 3.13. The van der Waals surface area contributed by atoms with Crippen molar-refractivity contribution in [2.75, 3.05) is 26.2 Å². The highest BCUT2D eigenvalue weighted by atomic mass is 19.3. The summed E-state index contributed by atoms with van der Waals surface area (Å²) in [5, 5.41) is 0. The van der Waals surface area contributed by atoms with E-state index >= 15 is 0 Å². The Bertz CT molecular complexity index is 381. The number of ether oxygens (including phenoxy) is 1. The van der Waals surface area contributed by atoms with Crippen molar-refractivity contribution in [2.45, 2.75) is 25.7 Å². The van der Waals surface area contributed by atoms with Crippen molar-refractivity contribution in [3.8, 4) is 5.75 Å². The predicted octanol–water partition coefficient (Wildman–Crippen LogP) is 3.14. The Morgan fingerprint density at radius 1 is 1.22 bits per heavy atom. The van der Waals surface area contributed by atoms with E-state index in [1.54, 1.807) is 4.90 Å². The van der Waals surface area contributed by atoms with Crippen LogP contribution < -0.4 is 4.74 Å². The highest BCUT2D eigenvalue weighted by molar-refractivity contribution is 5.28. The van der Waals surface area contributed by atoms with Crippen molar-refractivity contribution in [3.63, 3.8) is 0 Å². The Balaban J connectivity index is 1.71. The highest BCUT2D eigenvalue weighted by Crippen LogP contribution is 2.26. The number of hydrogen-bond donors (Lipinski definition) is 0. The molecule has 4 heteroatoms. The van der Waals surface area contributed by atoms with Gasteiger partial charge in [0.05, 0.1) is 13.1 Å². The molecule has 18 heavy (non-hydrogen) atoms. The molecule has 0 atom stereocenters. The van der Waals surface area contributed by atoms with Gasteiger partial charge in [0.2, 0.25) is 0 Å². The van der Waals surface area contributed by atoms with Gasteiger partial charge in [-0.2, -0.15) is 0 Å². The number of alkyl halides is 2. The van der Waals surface area contributed by atoms with Crippen LogP contribution in [-0.2, 0) is 0 Å². The largest absolute Gasteiger partial charge is 0.492 e. The van der Waals surface area contributed by atoms with Gasteiger partial charge in [-0.25, -0.2) is 8.78 Å². The molecule has 0 saturated carbocycles. The topological polar surface area (TPSA) is 12.5 Å². The summed E-state index contributed by atoms with van der Waals surface area (Å²) in [6.07, 6.45) is 0. The normalized spacial score (nSPS) is 18.7. The lowest BCUT2D eigenvalue weighted by molar-refractivity contribution is -0.132. The van der Waals surface area contributed by atoms with E-state index in [1.807, 2.05) is 24.3 Å². The molecule has 1 fully saturated rings. The summed E-state index contributed by atoms with van der Waals surface area (Å²) in [5.74, 6) is -1.19. The van der Waals surface area contributed by atoms with Crippen LogP contribution in [0.2, 0.25) is 0 Å². The summed E-state index contributed by atoms with van der Waals surface area (Å²) in [6.45, 7) is 5.02. The first-order valence-electron chi connectivity index (χ1n) is 6.29. The average Bonchev–Trinajstić information content (AvgIpc) is 2.27. The molecule has 1 heterocycles. The van der Waals surface area contributed by atoms with Crippen LogP contribution in [0.4, 0.5) is 8.78 Å². The maximum absolute atomic E-state index is 12.6. The van der Waals surface area contributed by atoms with Crippen molar-refractivity contribution >= 4 is 0 Å². The van der Waals surface area contributed by atoms with Crippen LogP contribution in [0.5, 0.6) is 5.75 Å². The fraction of sp³-hybridized carbons (Fsp3) is 0.571. The van der Waals surface area contributed by atoms with Crippen LogP contribution in [0.1, 0.15) is 25.3 Å². The lowest BCUT2D eigenvalue weighted by Crippen LogP contribution is -2.56. The molecule has 1 aliphatic rings. The summed E-state index contributed by atoms with van der Waals surface area (Å²) in [4.78, 5) is 1.70. The average molecular weight is 255 g/mol. The minimum atomic E-state index is -2.49. The van der Waals surface area contributed by atoms with Crippen LogP contribution in [0.3, 0.4) is 0 Å². The maximum Gasteiger partial charge on any atom is 0.272 e. The Morgan fingerprint density at radius 3 is 2.33 bits per heavy atom. The second kappa shape index (κ2) is 5.22. The van der Waals surface area contributed by atoms with Crippen LogP contribution in [0.25, 0.3) is 0 Å². The Kier molecular flexibility index (Phi) is 3.85. The number of rotatable bonds is 5. The van der Waals surface area contributed by atoms with Crippen molar-refractivity contribution in [2.24, 2.45) is 0 Å². The van der Waals surface area contributed by atoms with Gasteiger partial charge in [-0.3, -0.25) is 4.90 Å². The van der Waals surface area contributed by atoms with Crippen molar-refractivity contribution < 1.29 is 13.5 Å². The molecule has 1 aromatic carbocycles. The van der Waals surface area contributed by atoms with Crippen LogP contribution >= 0.6 is 0 Å². The molecule has 1 aromatic rings. The molecule has 0 radical (unpaired) electrons. The smallest absolute Gasteiger partial charge is 0.272 e. The number of hydrogen-bond acceptors (Lipinski definition) is 2. The summed E-state index contributed by atoms with van der Waals surface area (Å²) in [6, 6.07) is 7.94. The summed E-state index contributed by atoms with van der Waals surface area (Å²) >= 11 is 0. The van der Waals surface area contributed by atoms with Gasteiger partial charge in [0.15, 0.2) is 0 Å². The fourth-order valence-corrected chi connectivity index (χ4v) is 2.01. The SMILES string of the molecule is CC(C)c1ccc(OCCN2CC(F)(F)C2)cc1. The number of nitrogens with zero attached hydrogens (tertiary/aromatic N) is 1. The van der Waals surface area contributed by atoms with E-state index in [0.717, 1.165) is 5.75 Å². The fourth-order valence-electron chi connectivity index (χ4n) is 2.01. The third-order valence-corrected chi connectivity index (χ3v) is 3.13. The molecular weight excluding hydrogens is 236 g/mol. The van der Waals surface area contributed by atoms with Crippen LogP contribution in [0, 0.1) is 0 Å². The van der Waals surface area contributed by atoms with Crippen molar-refractivity contribution in [1.29, 1.82) is 0 Å². The van der Waals surface area contributed by atoms with Gasteiger partial charge in [-0.05, 0) is 23.6 Å². The van der Waals surface area contributed by atoms with Gasteiger partial charge >= 0.3 is 0 Å². The van der Waals surface area contributed by atoms with Gasteiger partial charge in [0.25, 0.3) is 5.92 Å². The molecule has 0 aromatic heterocycles. The standard InChI is InChI=1S/C14H19F2NO/c1-11(2)12-3-5-13(6-4-12)18-8-7-17-9-14(15,16)10-17/h3-6,11H,7-10H2,1-2H3. The second-order valence-corrected chi connectivity index (χ2v) is 5.14. The van der Waals surface area contributed by atoms with E-state index < -0.39 is 5.92 Å². The first kappa shape index (κ1) is 13.3. The molecular formula is C14H19F2NO. The Hall–Kier alpha value is -1.16. The highest BCUT2D eigenvalue weighted by Gasteiger charge is 2.43. The minimum absolute atomic E-state index is 0.136. The molecule has 0 spiro atoms. The first-order chi connectivity index (χ1) is 8.46. The van der Waals surface area contributed by atoms with Gasteiger partial charge in [-0.1, -0.05) is 26.0 Å². The zero-order chi connectivity index (χ0) is 13.2. The quantitative estimate of drug-likeness (QED) is 0.801. The number of benzene rings is 1. The zero-order valence-corrected chi connectivity index (χ0v) is 10.8. The minimum Gasteiger partial charge on any atom is -0.492 e. The summed E-state index contributed by atoms with van der Waals surface area (Å²) < 4.78 is 30.7.